The van der Waals surface area contributed by atoms with Crippen molar-refractivity contribution in [2.75, 3.05) is 57.8 Å². The summed E-state index contributed by atoms with van der Waals surface area (Å²) in [6.07, 6.45) is 3.61. The van der Waals surface area contributed by atoms with E-state index in [0.717, 1.165) is 57.7 Å². The molecule has 2 aromatic rings. The van der Waals surface area contributed by atoms with E-state index >= 15 is 0 Å². The van der Waals surface area contributed by atoms with Crippen molar-refractivity contribution in [3.8, 4) is 0 Å². The van der Waals surface area contributed by atoms with E-state index < -0.39 is 0 Å². The van der Waals surface area contributed by atoms with Gasteiger partial charge in [0.05, 0.1) is 0 Å². The standard InChI is InChI=1S/C22H33N7.HI/c1-18-5-7-20(8-6-18)19(2)17-27-21(23-3)24-11-12-28-13-15-29(16-14-28)22-25-9-4-10-26-22;/h4-10,19H,11-17H2,1-3H3,(H2,23,24,27);1H. The highest BCUT2D eigenvalue weighted by atomic mass is 127. The molecule has 2 N–H and O–H groups in total. The number of nitrogens with one attached hydrogen (secondary N) is 2. The van der Waals surface area contributed by atoms with E-state index in [9.17, 15) is 0 Å². The minimum absolute atomic E-state index is 0. The van der Waals surface area contributed by atoms with Gasteiger partial charge in [0.25, 0.3) is 0 Å². The maximum atomic E-state index is 4.35. The molecular weight excluding hydrogens is 489 g/mol. The predicted molar refractivity (Wildman–Crippen MR) is 135 cm³/mol. The lowest BCUT2D eigenvalue weighted by molar-refractivity contribution is 0.260. The summed E-state index contributed by atoms with van der Waals surface area (Å²) >= 11 is 0. The molecule has 0 aliphatic carbocycles. The molecule has 3 rings (SSSR count). The minimum atomic E-state index is 0. The van der Waals surface area contributed by atoms with Gasteiger partial charge in [-0.2, -0.15) is 0 Å². The normalized spacial score (nSPS) is 16.0. The third-order valence-corrected chi connectivity index (χ3v) is 5.37. The van der Waals surface area contributed by atoms with Crippen molar-refractivity contribution in [3.05, 3.63) is 53.9 Å². The molecule has 1 saturated heterocycles. The lowest BCUT2D eigenvalue weighted by Gasteiger charge is -2.34. The fourth-order valence-electron chi connectivity index (χ4n) is 3.44. The second-order valence-corrected chi connectivity index (χ2v) is 7.57. The molecule has 30 heavy (non-hydrogen) atoms. The van der Waals surface area contributed by atoms with Crippen molar-refractivity contribution in [2.24, 2.45) is 4.99 Å². The van der Waals surface area contributed by atoms with Gasteiger partial charge in [0.1, 0.15) is 0 Å². The molecule has 0 amide bonds. The molecule has 0 saturated carbocycles. The number of aliphatic imine (C=N–C) groups is 1. The minimum Gasteiger partial charge on any atom is -0.356 e. The van der Waals surface area contributed by atoms with E-state index in [2.05, 4.69) is 73.5 Å². The van der Waals surface area contributed by atoms with Gasteiger partial charge >= 0.3 is 0 Å². The molecule has 1 unspecified atom stereocenters. The summed E-state index contributed by atoms with van der Waals surface area (Å²) in [7, 11) is 1.82. The zero-order valence-corrected chi connectivity index (χ0v) is 20.5. The Balaban J connectivity index is 0.00000320. The van der Waals surface area contributed by atoms with Crippen LogP contribution < -0.4 is 15.5 Å². The third-order valence-electron chi connectivity index (χ3n) is 5.37. The van der Waals surface area contributed by atoms with Crippen LogP contribution >= 0.6 is 24.0 Å². The van der Waals surface area contributed by atoms with Crippen molar-refractivity contribution < 1.29 is 0 Å². The van der Waals surface area contributed by atoms with Gasteiger partial charge in [0.2, 0.25) is 5.95 Å². The van der Waals surface area contributed by atoms with Crippen LogP contribution in [0.4, 0.5) is 5.95 Å². The van der Waals surface area contributed by atoms with Crippen LogP contribution in [0.1, 0.15) is 24.0 Å². The molecule has 1 aliphatic rings. The van der Waals surface area contributed by atoms with Crippen molar-refractivity contribution in [3.63, 3.8) is 0 Å². The Morgan fingerprint density at radius 1 is 1.07 bits per heavy atom. The first kappa shape index (κ1) is 24.3. The Kier molecular flexibility index (Phi) is 10.3. The van der Waals surface area contributed by atoms with Crippen LogP contribution in [0, 0.1) is 6.92 Å². The van der Waals surface area contributed by atoms with E-state index in [1.807, 2.05) is 13.1 Å². The zero-order chi connectivity index (χ0) is 20.5. The van der Waals surface area contributed by atoms with Crippen LogP contribution in [-0.2, 0) is 0 Å². The summed E-state index contributed by atoms with van der Waals surface area (Å²) in [5.74, 6) is 2.13. The van der Waals surface area contributed by atoms with E-state index in [1.165, 1.54) is 11.1 Å². The number of hydrogen-bond donors (Lipinski definition) is 2. The Bertz CT molecular complexity index is 759. The molecule has 1 atom stereocenters. The molecule has 7 nitrogen and oxygen atoms in total. The van der Waals surface area contributed by atoms with Crippen LogP contribution in [0.5, 0.6) is 0 Å². The Hall–Kier alpha value is -1.94. The monoisotopic (exact) mass is 523 g/mol. The van der Waals surface area contributed by atoms with Gasteiger partial charge < -0.3 is 15.5 Å². The number of aromatic nitrogens is 2. The summed E-state index contributed by atoms with van der Waals surface area (Å²) in [6.45, 7) is 11.1. The summed E-state index contributed by atoms with van der Waals surface area (Å²) in [4.78, 5) is 17.8. The fourth-order valence-corrected chi connectivity index (χ4v) is 3.44. The van der Waals surface area contributed by atoms with Gasteiger partial charge in [-0.25, -0.2) is 9.97 Å². The second kappa shape index (κ2) is 12.7. The lowest BCUT2D eigenvalue weighted by Crippen LogP contribution is -2.49. The molecular formula is C22H34IN7. The smallest absolute Gasteiger partial charge is 0.225 e. The first-order chi connectivity index (χ1) is 14.2. The van der Waals surface area contributed by atoms with E-state index in [4.69, 9.17) is 0 Å². The maximum absolute atomic E-state index is 4.35. The van der Waals surface area contributed by atoms with Gasteiger partial charge in [0.15, 0.2) is 5.96 Å². The van der Waals surface area contributed by atoms with Crippen LogP contribution in [0.3, 0.4) is 0 Å². The number of benzene rings is 1. The molecule has 2 heterocycles. The molecule has 0 spiro atoms. The van der Waals surface area contributed by atoms with Crippen LogP contribution in [-0.4, -0.2) is 73.7 Å². The van der Waals surface area contributed by atoms with Gasteiger partial charge in [-0.1, -0.05) is 36.8 Å². The van der Waals surface area contributed by atoms with Crippen molar-refractivity contribution in [1.82, 2.24) is 25.5 Å². The Labute approximate surface area is 197 Å². The molecule has 0 bridgehead atoms. The summed E-state index contributed by atoms with van der Waals surface area (Å²) < 4.78 is 0. The first-order valence-electron chi connectivity index (χ1n) is 10.4. The number of piperazine rings is 1. The van der Waals surface area contributed by atoms with Crippen molar-refractivity contribution in [2.45, 2.75) is 19.8 Å². The maximum Gasteiger partial charge on any atom is 0.225 e. The quantitative estimate of drug-likeness (QED) is 0.330. The van der Waals surface area contributed by atoms with E-state index in [0.29, 0.717) is 5.92 Å². The van der Waals surface area contributed by atoms with Crippen molar-refractivity contribution in [1.29, 1.82) is 0 Å². The number of rotatable bonds is 7. The van der Waals surface area contributed by atoms with Crippen LogP contribution in [0.25, 0.3) is 0 Å². The molecule has 1 fully saturated rings. The average Bonchev–Trinajstić information content (AvgIpc) is 2.77. The van der Waals surface area contributed by atoms with Gasteiger partial charge in [-0.3, -0.25) is 9.89 Å². The highest BCUT2D eigenvalue weighted by Crippen LogP contribution is 2.14. The Morgan fingerprint density at radius 2 is 1.73 bits per heavy atom. The third kappa shape index (κ3) is 7.39. The van der Waals surface area contributed by atoms with E-state index in [-0.39, 0.29) is 24.0 Å². The van der Waals surface area contributed by atoms with Gasteiger partial charge in [-0.05, 0) is 24.5 Å². The summed E-state index contributed by atoms with van der Waals surface area (Å²) in [6, 6.07) is 10.6. The second-order valence-electron chi connectivity index (χ2n) is 7.57. The van der Waals surface area contributed by atoms with Crippen LogP contribution in [0.2, 0.25) is 0 Å². The highest BCUT2D eigenvalue weighted by molar-refractivity contribution is 14.0. The summed E-state index contributed by atoms with van der Waals surface area (Å²) in [5, 5.41) is 6.88. The molecule has 8 heteroatoms. The van der Waals surface area contributed by atoms with E-state index in [1.54, 1.807) is 12.4 Å². The zero-order valence-electron chi connectivity index (χ0n) is 18.2. The molecule has 164 valence electrons. The SMILES string of the molecule is CN=C(NCCN1CCN(c2ncccn2)CC1)NCC(C)c1ccc(C)cc1.I. The van der Waals surface area contributed by atoms with Gasteiger partial charge in [0, 0.05) is 65.3 Å². The number of guanidine groups is 1. The molecule has 1 aromatic carbocycles. The highest BCUT2D eigenvalue weighted by Gasteiger charge is 2.18. The molecule has 0 radical (unpaired) electrons. The summed E-state index contributed by atoms with van der Waals surface area (Å²) in [5.41, 5.74) is 2.64. The lowest BCUT2D eigenvalue weighted by atomic mass is 10.0. The average molecular weight is 523 g/mol. The van der Waals surface area contributed by atoms with Crippen molar-refractivity contribution >= 4 is 35.9 Å². The predicted octanol–water partition coefficient (Wildman–Crippen LogP) is 2.49. The van der Waals surface area contributed by atoms with Gasteiger partial charge in [-0.15, -0.1) is 24.0 Å². The number of halogens is 1. The Morgan fingerprint density at radius 3 is 2.37 bits per heavy atom. The van der Waals surface area contributed by atoms with Crippen LogP contribution in [0.15, 0.2) is 47.7 Å². The first-order valence-corrected chi connectivity index (χ1v) is 10.4. The topological polar surface area (TPSA) is 68.7 Å². The number of nitrogens with zero attached hydrogens (tertiary/aromatic N) is 5. The number of anilines is 1. The number of hydrogen-bond acceptors (Lipinski definition) is 5. The molecule has 1 aliphatic heterocycles. The largest absolute Gasteiger partial charge is 0.356 e. The number of aryl methyl sites for hydroxylation is 1. The fraction of sp³-hybridized carbons (Fsp3) is 0.500. The molecule has 1 aromatic heterocycles.